The van der Waals surface area contributed by atoms with E-state index in [-0.39, 0.29) is 11.6 Å². The summed E-state index contributed by atoms with van der Waals surface area (Å²) in [5.41, 5.74) is -0.554. The highest BCUT2D eigenvalue weighted by Gasteiger charge is 2.29. The van der Waals surface area contributed by atoms with E-state index in [4.69, 9.17) is 5.26 Å². The molecule has 1 heterocycles. The molecule has 0 fully saturated rings. The Morgan fingerprint density at radius 2 is 2.36 bits per heavy atom. The summed E-state index contributed by atoms with van der Waals surface area (Å²) in [7, 11) is 1.57. The molecule has 5 nitrogen and oxygen atoms in total. The Hall–Kier alpha value is -1.48. The molecule has 0 saturated heterocycles. The first-order valence-corrected chi connectivity index (χ1v) is 4.79. The van der Waals surface area contributed by atoms with E-state index < -0.39 is 5.54 Å². The lowest BCUT2D eigenvalue weighted by molar-refractivity contribution is 0.0692. The lowest BCUT2D eigenvalue weighted by atomic mass is 10.1. The molecule has 0 unspecified atom stereocenters. The smallest absolute Gasteiger partial charge is 0.276 e. The summed E-state index contributed by atoms with van der Waals surface area (Å²) in [4.78, 5) is 13.0. The average Bonchev–Trinajstić information content (AvgIpc) is 2.68. The molecule has 1 amide bonds. The minimum Gasteiger partial charge on any atom is -0.322 e. The van der Waals surface area contributed by atoms with Gasteiger partial charge in [0.1, 0.15) is 5.54 Å². The standard InChI is InChI=1S/C8H10N4OS/c1-8(2,5-9)12(3)7(13)6-4-14-11-10-6/h4H,1-3H3. The molecule has 0 spiro atoms. The first-order valence-electron chi connectivity index (χ1n) is 3.95. The van der Waals surface area contributed by atoms with Crippen molar-refractivity contribution in [3.63, 3.8) is 0 Å². The van der Waals surface area contributed by atoms with Gasteiger partial charge in [0.25, 0.3) is 5.91 Å². The molecular weight excluding hydrogens is 200 g/mol. The van der Waals surface area contributed by atoms with Crippen molar-refractivity contribution < 1.29 is 4.79 Å². The summed E-state index contributed by atoms with van der Waals surface area (Å²) in [6.45, 7) is 3.34. The maximum absolute atomic E-state index is 11.7. The largest absolute Gasteiger partial charge is 0.322 e. The third-order valence-corrected chi connectivity index (χ3v) is 2.50. The molecule has 0 saturated carbocycles. The lowest BCUT2D eigenvalue weighted by Crippen LogP contribution is -2.44. The van der Waals surface area contributed by atoms with Crippen molar-refractivity contribution >= 4 is 17.4 Å². The fraction of sp³-hybridized carbons (Fsp3) is 0.500. The Labute approximate surface area is 86.1 Å². The van der Waals surface area contributed by atoms with Crippen LogP contribution in [0.3, 0.4) is 0 Å². The first kappa shape index (κ1) is 10.6. The Morgan fingerprint density at radius 1 is 1.71 bits per heavy atom. The lowest BCUT2D eigenvalue weighted by Gasteiger charge is -2.28. The van der Waals surface area contributed by atoms with Crippen LogP contribution < -0.4 is 0 Å². The summed E-state index contributed by atoms with van der Waals surface area (Å²) >= 11 is 1.11. The van der Waals surface area contributed by atoms with Crippen LogP contribution in [0.25, 0.3) is 0 Å². The van der Waals surface area contributed by atoms with Gasteiger partial charge in [-0.05, 0) is 25.4 Å². The topological polar surface area (TPSA) is 69.9 Å². The zero-order valence-electron chi connectivity index (χ0n) is 8.18. The zero-order chi connectivity index (χ0) is 10.8. The maximum atomic E-state index is 11.7. The Balaban J connectivity index is 2.88. The molecule has 0 aromatic carbocycles. The number of carbonyl (C=O) groups excluding carboxylic acids is 1. The predicted molar refractivity (Wildman–Crippen MR) is 51.7 cm³/mol. The average molecular weight is 210 g/mol. The molecule has 0 aliphatic carbocycles. The summed E-state index contributed by atoms with van der Waals surface area (Å²) in [6.07, 6.45) is 0. The van der Waals surface area contributed by atoms with Crippen molar-refractivity contribution in [2.75, 3.05) is 7.05 Å². The predicted octanol–water partition coefficient (Wildman–Crippen LogP) is 0.912. The van der Waals surface area contributed by atoms with Gasteiger partial charge in [0.15, 0.2) is 5.69 Å². The second-order valence-corrected chi connectivity index (χ2v) is 3.93. The van der Waals surface area contributed by atoms with Gasteiger partial charge in [-0.2, -0.15) is 5.26 Å². The molecule has 0 bridgehead atoms. The molecule has 0 aliphatic rings. The number of nitriles is 1. The number of aromatic nitrogens is 2. The van der Waals surface area contributed by atoms with Crippen LogP contribution >= 0.6 is 11.5 Å². The van der Waals surface area contributed by atoms with Crippen molar-refractivity contribution in [3.8, 4) is 6.07 Å². The highest BCUT2D eigenvalue weighted by atomic mass is 32.1. The molecule has 1 rings (SSSR count). The van der Waals surface area contributed by atoms with E-state index in [0.29, 0.717) is 0 Å². The number of rotatable bonds is 2. The van der Waals surface area contributed by atoms with Gasteiger partial charge in [0.2, 0.25) is 0 Å². The van der Waals surface area contributed by atoms with Gasteiger partial charge in [0, 0.05) is 12.4 Å². The number of amides is 1. The van der Waals surface area contributed by atoms with Crippen molar-refractivity contribution in [1.29, 1.82) is 5.26 Å². The summed E-state index contributed by atoms with van der Waals surface area (Å²) in [6, 6.07) is 2.04. The van der Waals surface area contributed by atoms with Crippen LogP contribution in [0.5, 0.6) is 0 Å². The van der Waals surface area contributed by atoms with Gasteiger partial charge in [-0.15, -0.1) is 5.10 Å². The molecule has 0 aliphatic heterocycles. The van der Waals surface area contributed by atoms with Crippen molar-refractivity contribution in [2.24, 2.45) is 0 Å². The summed E-state index contributed by atoms with van der Waals surface area (Å²) in [5.74, 6) is -0.287. The molecule has 1 aromatic heterocycles. The second-order valence-electron chi connectivity index (χ2n) is 3.33. The van der Waals surface area contributed by atoms with Crippen LogP contribution in [0.1, 0.15) is 24.3 Å². The molecule has 0 atom stereocenters. The highest BCUT2D eigenvalue weighted by Crippen LogP contribution is 2.13. The zero-order valence-corrected chi connectivity index (χ0v) is 9.00. The minimum absolute atomic E-state index is 0.279. The van der Waals surface area contributed by atoms with Crippen LogP contribution in [-0.4, -0.2) is 33.0 Å². The summed E-state index contributed by atoms with van der Waals surface area (Å²) < 4.78 is 3.59. The van der Waals surface area contributed by atoms with Gasteiger partial charge in [0.05, 0.1) is 6.07 Å². The van der Waals surface area contributed by atoms with Crippen molar-refractivity contribution in [1.82, 2.24) is 14.5 Å². The number of nitrogens with zero attached hydrogens (tertiary/aromatic N) is 4. The molecule has 14 heavy (non-hydrogen) atoms. The highest BCUT2D eigenvalue weighted by molar-refractivity contribution is 7.03. The first-order chi connectivity index (χ1) is 6.49. The van der Waals surface area contributed by atoms with E-state index in [1.54, 1.807) is 26.3 Å². The Morgan fingerprint density at radius 3 is 2.79 bits per heavy atom. The van der Waals surface area contributed by atoms with E-state index in [9.17, 15) is 4.79 Å². The van der Waals surface area contributed by atoms with Crippen LogP contribution in [0.15, 0.2) is 5.38 Å². The number of carbonyl (C=O) groups is 1. The Bertz CT molecular complexity index is 365. The third kappa shape index (κ3) is 1.88. The molecule has 1 aromatic rings. The van der Waals surface area contributed by atoms with Crippen molar-refractivity contribution in [3.05, 3.63) is 11.1 Å². The van der Waals surface area contributed by atoms with Gasteiger partial charge in [-0.1, -0.05) is 4.49 Å². The minimum atomic E-state index is -0.833. The van der Waals surface area contributed by atoms with E-state index >= 15 is 0 Å². The van der Waals surface area contributed by atoms with Gasteiger partial charge in [-0.3, -0.25) is 4.79 Å². The Kier molecular flexibility index (Phi) is 2.81. The molecule has 74 valence electrons. The summed E-state index contributed by atoms with van der Waals surface area (Å²) in [5, 5.41) is 14.0. The molecular formula is C8H10N4OS. The van der Waals surface area contributed by atoms with Crippen LogP contribution in [-0.2, 0) is 0 Å². The third-order valence-electron chi connectivity index (χ3n) is 2.00. The monoisotopic (exact) mass is 210 g/mol. The normalized spacial score (nSPS) is 10.7. The maximum Gasteiger partial charge on any atom is 0.276 e. The molecule has 6 heteroatoms. The second kappa shape index (κ2) is 3.72. The fourth-order valence-electron chi connectivity index (χ4n) is 0.758. The van der Waals surface area contributed by atoms with Crippen LogP contribution in [0.4, 0.5) is 0 Å². The fourth-order valence-corrected chi connectivity index (χ4v) is 1.19. The quantitative estimate of drug-likeness (QED) is 0.727. The SMILES string of the molecule is CN(C(=O)c1csnn1)C(C)(C)C#N. The van der Waals surface area contributed by atoms with E-state index in [2.05, 4.69) is 9.59 Å². The van der Waals surface area contributed by atoms with E-state index in [0.717, 1.165) is 11.5 Å². The van der Waals surface area contributed by atoms with Crippen LogP contribution in [0, 0.1) is 11.3 Å². The number of hydrogen-bond acceptors (Lipinski definition) is 5. The molecule has 0 N–H and O–H groups in total. The van der Waals surface area contributed by atoms with Gasteiger partial charge >= 0.3 is 0 Å². The van der Waals surface area contributed by atoms with Gasteiger partial charge < -0.3 is 4.90 Å². The van der Waals surface area contributed by atoms with Gasteiger partial charge in [-0.25, -0.2) is 0 Å². The van der Waals surface area contributed by atoms with Crippen molar-refractivity contribution in [2.45, 2.75) is 19.4 Å². The van der Waals surface area contributed by atoms with Crippen LogP contribution in [0.2, 0.25) is 0 Å². The van der Waals surface area contributed by atoms with E-state index in [1.807, 2.05) is 6.07 Å². The molecule has 0 radical (unpaired) electrons. The number of hydrogen-bond donors (Lipinski definition) is 0. The van der Waals surface area contributed by atoms with E-state index in [1.165, 1.54) is 4.90 Å².